The lowest BCUT2D eigenvalue weighted by atomic mass is 9.98. The predicted molar refractivity (Wildman–Crippen MR) is 101 cm³/mol. The van der Waals surface area contributed by atoms with Crippen LogP contribution in [0.15, 0.2) is 12.2 Å². The Bertz CT molecular complexity index is 488. The Labute approximate surface area is 144 Å². The quantitative estimate of drug-likeness (QED) is 0.372. The first-order valence-electron chi connectivity index (χ1n) is 8.84. The predicted octanol–water partition coefficient (Wildman–Crippen LogP) is 5.35. The van der Waals surface area contributed by atoms with Crippen LogP contribution in [0.1, 0.15) is 60.3 Å². The van der Waals surface area contributed by atoms with Gasteiger partial charge in [0.05, 0.1) is 6.10 Å². The van der Waals surface area contributed by atoms with Crippen LogP contribution < -0.4 is 0 Å². The third-order valence-electron chi connectivity index (χ3n) is 5.26. The van der Waals surface area contributed by atoms with Crippen LogP contribution in [-0.2, 0) is 9.22 Å². The second kappa shape index (κ2) is 8.31. The van der Waals surface area contributed by atoms with Gasteiger partial charge in [-0.1, -0.05) is 39.8 Å². The van der Waals surface area contributed by atoms with Crippen molar-refractivity contribution in [3.05, 3.63) is 12.2 Å². The molecule has 0 radical (unpaired) electrons. The van der Waals surface area contributed by atoms with Crippen molar-refractivity contribution >= 4 is 14.1 Å². The summed E-state index contributed by atoms with van der Waals surface area (Å²) in [6, 6.07) is 0. The Kier molecular flexibility index (Phi) is 7.29. The average molecular weight is 335 g/mol. The average Bonchev–Trinajstić information content (AvgIpc) is 2.85. The monoisotopic (exact) mass is 334 g/mol. The van der Waals surface area contributed by atoms with E-state index in [1.807, 2.05) is 6.92 Å². The van der Waals surface area contributed by atoms with Crippen LogP contribution in [0, 0.1) is 23.7 Å². The van der Waals surface area contributed by atoms with E-state index in [1.165, 1.54) is 0 Å². The van der Waals surface area contributed by atoms with Crippen molar-refractivity contribution in [1.29, 1.82) is 0 Å². The lowest BCUT2D eigenvalue weighted by Gasteiger charge is -2.40. The standard InChI is InChI=1S/C20H34O2Si/c1-8-9-10-16(2)19(22-23(6,7)20(3,4)5)14-12-17-11-13-18(21)15-17/h12,14,16-17,19H,10-11,13,15H2,1-7H3/b14-12+/t16?,17?,19-/m1/s1. The molecule has 1 aliphatic rings. The lowest BCUT2D eigenvalue weighted by molar-refractivity contribution is -0.117. The van der Waals surface area contributed by atoms with Gasteiger partial charge in [-0.2, -0.15) is 0 Å². The lowest BCUT2D eigenvalue weighted by Crippen LogP contribution is -2.45. The number of hydrogen-bond acceptors (Lipinski definition) is 2. The van der Waals surface area contributed by atoms with Gasteiger partial charge in [0.15, 0.2) is 8.32 Å². The second-order valence-electron chi connectivity index (χ2n) is 8.38. The fraction of sp³-hybridized carbons (Fsp3) is 0.750. The van der Waals surface area contributed by atoms with Crippen LogP contribution in [0.2, 0.25) is 18.1 Å². The molecule has 0 aromatic heterocycles. The van der Waals surface area contributed by atoms with E-state index in [1.54, 1.807) is 0 Å². The first-order chi connectivity index (χ1) is 10.6. The molecule has 0 aliphatic heterocycles. The molecule has 0 N–H and O–H groups in total. The molecule has 0 spiro atoms. The van der Waals surface area contributed by atoms with Crippen LogP contribution in [-0.4, -0.2) is 20.2 Å². The van der Waals surface area contributed by atoms with E-state index in [0.29, 0.717) is 24.0 Å². The van der Waals surface area contributed by atoms with Crippen molar-refractivity contribution in [3.63, 3.8) is 0 Å². The van der Waals surface area contributed by atoms with Crippen molar-refractivity contribution in [3.8, 4) is 11.8 Å². The van der Waals surface area contributed by atoms with E-state index in [4.69, 9.17) is 4.43 Å². The Hall–Kier alpha value is -0.853. The molecule has 130 valence electrons. The maximum atomic E-state index is 11.5. The Morgan fingerprint density at radius 1 is 1.39 bits per heavy atom. The topological polar surface area (TPSA) is 26.3 Å². The summed E-state index contributed by atoms with van der Waals surface area (Å²) in [4.78, 5) is 11.5. The summed E-state index contributed by atoms with van der Waals surface area (Å²) in [7, 11) is -1.83. The molecule has 1 fully saturated rings. The molecular formula is C20H34O2Si. The highest BCUT2D eigenvalue weighted by molar-refractivity contribution is 6.74. The molecule has 0 saturated heterocycles. The molecule has 23 heavy (non-hydrogen) atoms. The smallest absolute Gasteiger partial charge is 0.192 e. The highest BCUT2D eigenvalue weighted by Crippen LogP contribution is 2.38. The molecule has 0 amide bonds. The van der Waals surface area contributed by atoms with Gasteiger partial charge in [0, 0.05) is 19.3 Å². The van der Waals surface area contributed by atoms with Crippen LogP contribution in [0.25, 0.3) is 0 Å². The summed E-state index contributed by atoms with van der Waals surface area (Å²) in [6.45, 7) is 15.5. The van der Waals surface area contributed by atoms with Gasteiger partial charge in [-0.15, -0.1) is 11.8 Å². The number of rotatable bonds is 6. The number of carbonyl (C=O) groups is 1. The van der Waals surface area contributed by atoms with Gasteiger partial charge in [-0.3, -0.25) is 4.79 Å². The van der Waals surface area contributed by atoms with Crippen molar-refractivity contribution in [2.75, 3.05) is 0 Å². The van der Waals surface area contributed by atoms with Crippen molar-refractivity contribution in [2.45, 2.75) is 84.5 Å². The summed E-state index contributed by atoms with van der Waals surface area (Å²) in [6.07, 6.45) is 7.80. The summed E-state index contributed by atoms with van der Waals surface area (Å²) in [5, 5.41) is 0.193. The molecule has 0 heterocycles. The molecule has 3 heteroatoms. The number of carbonyl (C=O) groups excluding carboxylic acids is 1. The summed E-state index contributed by atoms with van der Waals surface area (Å²) >= 11 is 0. The van der Waals surface area contributed by atoms with Crippen LogP contribution >= 0.6 is 0 Å². The van der Waals surface area contributed by atoms with Gasteiger partial charge in [0.2, 0.25) is 0 Å². The van der Waals surface area contributed by atoms with Crippen LogP contribution in [0.3, 0.4) is 0 Å². The number of Topliss-reactive ketones (excluding diaryl/α,β-unsaturated/α-hetero) is 1. The molecule has 0 aromatic rings. The van der Waals surface area contributed by atoms with Crippen molar-refractivity contribution in [1.82, 2.24) is 0 Å². The highest BCUT2D eigenvalue weighted by Gasteiger charge is 2.39. The van der Waals surface area contributed by atoms with E-state index < -0.39 is 8.32 Å². The van der Waals surface area contributed by atoms with E-state index in [9.17, 15) is 4.79 Å². The van der Waals surface area contributed by atoms with E-state index in [-0.39, 0.29) is 11.1 Å². The van der Waals surface area contributed by atoms with E-state index in [0.717, 1.165) is 19.3 Å². The minimum absolute atomic E-state index is 0.0902. The summed E-state index contributed by atoms with van der Waals surface area (Å²) in [5.74, 6) is 7.33. The zero-order chi connectivity index (χ0) is 17.7. The zero-order valence-electron chi connectivity index (χ0n) is 16.0. The van der Waals surface area contributed by atoms with E-state index in [2.05, 4.69) is 64.8 Å². The third-order valence-corrected chi connectivity index (χ3v) is 9.73. The summed E-state index contributed by atoms with van der Waals surface area (Å²) in [5.41, 5.74) is 0. The SMILES string of the molecule is CC#CCC(C)[C@@H](/C=C/C1CCC(=O)C1)O[Si](C)(C)C(C)(C)C. The van der Waals surface area contributed by atoms with Gasteiger partial charge >= 0.3 is 0 Å². The number of allylic oxidation sites excluding steroid dienone is 1. The third kappa shape index (κ3) is 6.28. The van der Waals surface area contributed by atoms with Gasteiger partial charge in [0.1, 0.15) is 5.78 Å². The fourth-order valence-corrected chi connectivity index (χ4v) is 3.86. The van der Waals surface area contributed by atoms with Gasteiger partial charge < -0.3 is 4.43 Å². The Morgan fingerprint density at radius 2 is 2.04 bits per heavy atom. The van der Waals surface area contributed by atoms with Crippen LogP contribution in [0.4, 0.5) is 0 Å². The molecule has 2 unspecified atom stereocenters. The van der Waals surface area contributed by atoms with E-state index >= 15 is 0 Å². The largest absolute Gasteiger partial charge is 0.410 e. The number of hydrogen-bond donors (Lipinski definition) is 0. The molecular weight excluding hydrogens is 300 g/mol. The molecule has 0 aromatic carbocycles. The maximum absolute atomic E-state index is 11.5. The number of ketones is 1. The van der Waals surface area contributed by atoms with Crippen LogP contribution in [0.5, 0.6) is 0 Å². The zero-order valence-corrected chi connectivity index (χ0v) is 17.0. The minimum atomic E-state index is -1.83. The molecule has 1 rings (SSSR count). The first-order valence-corrected chi connectivity index (χ1v) is 11.7. The maximum Gasteiger partial charge on any atom is 0.192 e. The first kappa shape index (κ1) is 20.2. The van der Waals surface area contributed by atoms with Crippen molar-refractivity contribution < 1.29 is 9.22 Å². The molecule has 0 bridgehead atoms. The van der Waals surface area contributed by atoms with Crippen molar-refractivity contribution in [2.24, 2.45) is 11.8 Å². The fourth-order valence-electron chi connectivity index (χ4n) is 2.52. The molecule has 1 saturated carbocycles. The second-order valence-corrected chi connectivity index (χ2v) is 13.1. The Balaban J connectivity index is 2.85. The van der Waals surface area contributed by atoms with Gasteiger partial charge in [-0.25, -0.2) is 0 Å². The minimum Gasteiger partial charge on any atom is -0.410 e. The Morgan fingerprint density at radius 3 is 2.52 bits per heavy atom. The molecule has 1 aliphatic carbocycles. The highest BCUT2D eigenvalue weighted by atomic mass is 28.4. The molecule has 3 atom stereocenters. The van der Waals surface area contributed by atoms with Gasteiger partial charge in [-0.05, 0) is 43.3 Å². The van der Waals surface area contributed by atoms with Gasteiger partial charge in [0.25, 0.3) is 0 Å². The normalized spacial score (nSPS) is 22.0. The molecule has 2 nitrogen and oxygen atoms in total. The summed E-state index contributed by atoms with van der Waals surface area (Å²) < 4.78 is 6.65.